The van der Waals surface area contributed by atoms with E-state index in [9.17, 15) is 9.59 Å². The molecule has 0 aliphatic carbocycles. The third kappa shape index (κ3) is 28.2. The summed E-state index contributed by atoms with van der Waals surface area (Å²) in [5.74, 6) is -0.594. The molecule has 0 bridgehead atoms. The van der Waals surface area contributed by atoms with Gasteiger partial charge in [0, 0.05) is 12.8 Å². The molecule has 4 heteroatoms. The summed E-state index contributed by atoms with van der Waals surface area (Å²) in [5.41, 5.74) is 1.75. The molecule has 4 nitrogen and oxygen atoms in total. The van der Waals surface area contributed by atoms with Crippen LogP contribution in [0.4, 0.5) is 0 Å². The first-order valence-corrected chi connectivity index (χ1v) is 17.6. The first-order chi connectivity index (χ1) is 19.5. The minimum atomic E-state index is -0.668. The second-order valence-corrected chi connectivity index (χ2v) is 12.3. The molecule has 40 heavy (non-hydrogen) atoms. The highest BCUT2D eigenvalue weighted by molar-refractivity contribution is 5.66. The van der Waals surface area contributed by atoms with Crippen molar-refractivity contribution in [3.63, 3.8) is 0 Å². The van der Waals surface area contributed by atoms with Crippen molar-refractivity contribution in [2.75, 3.05) is 0 Å². The van der Waals surface area contributed by atoms with Crippen LogP contribution in [-0.2, 0) is 9.59 Å². The van der Waals surface area contributed by atoms with E-state index in [0.29, 0.717) is 12.8 Å². The number of carboxylic acids is 2. The van der Waals surface area contributed by atoms with Gasteiger partial charge in [-0.15, -0.1) is 0 Å². The fourth-order valence-electron chi connectivity index (χ4n) is 5.88. The molecule has 0 fully saturated rings. The zero-order valence-corrected chi connectivity index (χ0v) is 26.9. The molecule has 1 atom stereocenters. The summed E-state index contributed by atoms with van der Waals surface area (Å²) in [4.78, 5) is 21.4. The van der Waals surface area contributed by atoms with Crippen LogP contribution in [0, 0.1) is 5.92 Å². The van der Waals surface area contributed by atoms with E-state index in [1.807, 2.05) is 0 Å². The van der Waals surface area contributed by atoms with Crippen LogP contribution in [-0.4, -0.2) is 22.2 Å². The normalized spacial score (nSPS) is 12.6. The lowest BCUT2D eigenvalue weighted by molar-refractivity contribution is -0.138. The van der Waals surface area contributed by atoms with Crippen molar-refractivity contribution in [1.82, 2.24) is 0 Å². The predicted octanol–water partition coefficient (Wildman–Crippen LogP) is 12.1. The molecule has 0 saturated carbocycles. The molecule has 0 aromatic carbocycles. The number of hydrogen-bond acceptors (Lipinski definition) is 2. The monoisotopic (exact) mass is 565 g/mol. The Balaban J connectivity index is 4.82. The second kappa shape index (κ2) is 30.6. The van der Waals surface area contributed by atoms with E-state index < -0.39 is 11.9 Å². The van der Waals surface area contributed by atoms with E-state index >= 15 is 0 Å². The molecule has 0 radical (unpaired) electrons. The lowest BCUT2D eigenvalue weighted by atomic mass is 9.84. The van der Waals surface area contributed by atoms with Gasteiger partial charge in [-0.05, 0) is 57.3 Å². The molecule has 0 spiro atoms. The standard InChI is InChI=1S/C36H68O4/c1-3-5-7-9-15-21-27-33(29-23-17-11-13-19-25-31-35(37)38)34(28-22-16-10-8-6-4-2)30-24-18-12-14-20-26-32-36(39)40/h27,34H,3-26,28-32H2,1-2H3,(H,37,38)(H,39,40). The average Bonchev–Trinajstić information content (AvgIpc) is 2.92. The van der Waals surface area contributed by atoms with E-state index in [2.05, 4.69) is 19.9 Å². The zero-order chi connectivity index (χ0) is 29.5. The minimum absolute atomic E-state index is 0.313. The van der Waals surface area contributed by atoms with Gasteiger partial charge < -0.3 is 10.2 Å². The average molecular weight is 565 g/mol. The van der Waals surface area contributed by atoms with Crippen LogP contribution in [0.15, 0.2) is 11.6 Å². The maximum absolute atomic E-state index is 10.7. The second-order valence-electron chi connectivity index (χ2n) is 12.3. The van der Waals surface area contributed by atoms with Crippen LogP contribution in [0.2, 0.25) is 0 Å². The Kier molecular flexibility index (Phi) is 29.6. The third-order valence-electron chi connectivity index (χ3n) is 8.44. The van der Waals surface area contributed by atoms with Crippen molar-refractivity contribution in [3.8, 4) is 0 Å². The Morgan fingerprint density at radius 1 is 0.475 bits per heavy atom. The molecule has 0 heterocycles. The van der Waals surface area contributed by atoms with E-state index in [1.165, 1.54) is 141 Å². The minimum Gasteiger partial charge on any atom is -0.481 e. The van der Waals surface area contributed by atoms with Gasteiger partial charge in [-0.25, -0.2) is 0 Å². The molecule has 0 aliphatic rings. The van der Waals surface area contributed by atoms with Gasteiger partial charge in [-0.2, -0.15) is 0 Å². The van der Waals surface area contributed by atoms with Gasteiger partial charge in [0.15, 0.2) is 0 Å². The number of allylic oxidation sites excluding steroid dienone is 2. The van der Waals surface area contributed by atoms with Gasteiger partial charge in [0.05, 0.1) is 0 Å². The fraction of sp³-hybridized carbons (Fsp3) is 0.889. The Labute approximate surface area is 249 Å². The number of rotatable bonds is 32. The summed E-state index contributed by atoms with van der Waals surface area (Å²) in [6.45, 7) is 4.57. The number of carboxylic acid groups (broad SMARTS) is 2. The summed E-state index contributed by atoms with van der Waals surface area (Å²) >= 11 is 0. The maximum Gasteiger partial charge on any atom is 0.303 e. The van der Waals surface area contributed by atoms with Crippen molar-refractivity contribution in [2.24, 2.45) is 5.92 Å². The first kappa shape index (κ1) is 38.7. The maximum atomic E-state index is 10.7. The van der Waals surface area contributed by atoms with Gasteiger partial charge in [0.2, 0.25) is 0 Å². The summed E-state index contributed by atoms with van der Waals surface area (Å²) in [6.07, 6.45) is 37.0. The topological polar surface area (TPSA) is 74.6 Å². The van der Waals surface area contributed by atoms with Crippen molar-refractivity contribution in [2.45, 2.75) is 200 Å². The number of unbranched alkanes of at least 4 members (excludes halogenated alkanes) is 20. The molecule has 0 saturated heterocycles. The first-order valence-electron chi connectivity index (χ1n) is 17.6. The molecule has 0 aromatic rings. The summed E-state index contributed by atoms with van der Waals surface area (Å²) in [6, 6.07) is 0. The number of aliphatic carboxylic acids is 2. The molecule has 0 amide bonds. The Hall–Kier alpha value is -1.32. The SMILES string of the molecule is CCCCCCCC=C(CCCCCCCCC(=O)O)C(CCCCCCCC)CCCCCCCCC(=O)O. The molecule has 1 unspecified atom stereocenters. The van der Waals surface area contributed by atoms with Crippen LogP contribution in [0.25, 0.3) is 0 Å². The Bertz CT molecular complexity index is 598. The van der Waals surface area contributed by atoms with Crippen molar-refractivity contribution in [1.29, 1.82) is 0 Å². The lowest BCUT2D eigenvalue weighted by Gasteiger charge is -2.22. The van der Waals surface area contributed by atoms with Gasteiger partial charge >= 0.3 is 11.9 Å². The third-order valence-corrected chi connectivity index (χ3v) is 8.44. The summed E-state index contributed by atoms with van der Waals surface area (Å²) in [7, 11) is 0. The van der Waals surface area contributed by atoms with Gasteiger partial charge in [-0.3, -0.25) is 9.59 Å². The van der Waals surface area contributed by atoms with E-state index in [1.54, 1.807) is 5.57 Å². The molecule has 2 N–H and O–H groups in total. The van der Waals surface area contributed by atoms with Crippen molar-refractivity contribution in [3.05, 3.63) is 11.6 Å². The van der Waals surface area contributed by atoms with E-state index in [4.69, 9.17) is 10.2 Å². The van der Waals surface area contributed by atoms with Crippen molar-refractivity contribution < 1.29 is 19.8 Å². The highest BCUT2D eigenvalue weighted by Crippen LogP contribution is 2.30. The van der Waals surface area contributed by atoms with Gasteiger partial charge in [-0.1, -0.05) is 147 Å². The summed E-state index contributed by atoms with van der Waals surface area (Å²) in [5, 5.41) is 17.7. The van der Waals surface area contributed by atoms with Crippen LogP contribution >= 0.6 is 0 Å². The highest BCUT2D eigenvalue weighted by atomic mass is 16.4. The lowest BCUT2D eigenvalue weighted by Crippen LogP contribution is -2.06. The van der Waals surface area contributed by atoms with Crippen LogP contribution < -0.4 is 0 Å². The molecule has 0 rings (SSSR count). The van der Waals surface area contributed by atoms with Gasteiger partial charge in [0.25, 0.3) is 0 Å². The smallest absolute Gasteiger partial charge is 0.303 e. The van der Waals surface area contributed by atoms with Crippen LogP contribution in [0.1, 0.15) is 200 Å². The molecule has 0 aliphatic heterocycles. The molecule has 236 valence electrons. The van der Waals surface area contributed by atoms with Crippen molar-refractivity contribution >= 4 is 11.9 Å². The molecular formula is C36H68O4. The predicted molar refractivity (Wildman–Crippen MR) is 172 cm³/mol. The number of hydrogen-bond donors (Lipinski definition) is 2. The Morgan fingerprint density at radius 3 is 1.25 bits per heavy atom. The molecule has 0 aromatic heterocycles. The highest BCUT2D eigenvalue weighted by Gasteiger charge is 2.14. The Morgan fingerprint density at radius 2 is 0.825 bits per heavy atom. The van der Waals surface area contributed by atoms with E-state index in [-0.39, 0.29) is 0 Å². The van der Waals surface area contributed by atoms with Crippen LogP contribution in [0.3, 0.4) is 0 Å². The molecular weight excluding hydrogens is 496 g/mol. The van der Waals surface area contributed by atoms with Gasteiger partial charge in [0.1, 0.15) is 0 Å². The fourth-order valence-corrected chi connectivity index (χ4v) is 5.88. The zero-order valence-electron chi connectivity index (χ0n) is 26.9. The summed E-state index contributed by atoms with van der Waals surface area (Å²) < 4.78 is 0. The van der Waals surface area contributed by atoms with Crippen LogP contribution in [0.5, 0.6) is 0 Å². The number of carbonyl (C=O) groups is 2. The largest absolute Gasteiger partial charge is 0.481 e. The van der Waals surface area contributed by atoms with E-state index in [0.717, 1.165) is 38.0 Å². The quantitative estimate of drug-likeness (QED) is 0.0629.